The first kappa shape index (κ1) is 15.2. The topological polar surface area (TPSA) is 72.5 Å². The lowest BCUT2D eigenvalue weighted by molar-refractivity contribution is 0.0967. The fraction of sp³-hybridized carbons (Fsp3) is 0.500. The van der Waals surface area contributed by atoms with Crippen LogP contribution in [0.3, 0.4) is 0 Å². The molecule has 110 valence electrons. The molecule has 6 heteroatoms. The summed E-state index contributed by atoms with van der Waals surface area (Å²) in [5.74, 6) is 0.256. The Morgan fingerprint density at radius 2 is 1.95 bits per heavy atom. The summed E-state index contributed by atoms with van der Waals surface area (Å²) in [6.07, 6.45) is 2.51. The van der Waals surface area contributed by atoms with Gasteiger partial charge in [-0.1, -0.05) is 12.1 Å². The lowest BCUT2D eigenvalue weighted by atomic mass is 10.1. The number of carbonyl (C=O) groups is 1. The molecule has 1 saturated carbocycles. The van der Waals surface area contributed by atoms with Crippen LogP contribution in [-0.4, -0.2) is 34.5 Å². The minimum Gasteiger partial charge on any atom is -0.385 e. The number of hydrogen-bond acceptors (Lipinski definition) is 4. The number of hydrogen-bond donors (Lipinski definition) is 1. The lowest BCUT2D eigenvalue weighted by Crippen LogP contribution is -2.25. The molecule has 0 bridgehead atoms. The van der Waals surface area contributed by atoms with E-state index < -0.39 is 10.0 Å². The van der Waals surface area contributed by atoms with Gasteiger partial charge in [0.2, 0.25) is 10.0 Å². The maximum atomic E-state index is 12.0. The van der Waals surface area contributed by atoms with Crippen LogP contribution in [0.15, 0.2) is 29.2 Å². The summed E-state index contributed by atoms with van der Waals surface area (Å²) in [6, 6.07) is 6.14. The zero-order valence-electron chi connectivity index (χ0n) is 11.5. The summed E-state index contributed by atoms with van der Waals surface area (Å²) in [5.41, 5.74) is 0.589. The van der Waals surface area contributed by atoms with Crippen LogP contribution in [0, 0.1) is 5.92 Å². The van der Waals surface area contributed by atoms with Gasteiger partial charge in [-0.3, -0.25) is 4.79 Å². The van der Waals surface area contributed by atoms with E-state index in [2.05, 4.69) is 4.72 Å². The van der Waals surface area contributed by atoms with Crippen molar-refractivity contribution in [3.05, 3.63) is 29.8 Å². The predicted molar refractivity (Wildman–Crippen MR) is 75.2 cm³/mol. The highest BCUT2D eigenvalue weighted by molar-refractivity contribution is 7.89. The third-order valence-electron chi connectivity index (χ3n) is 3.21. The number of ether oxygens (including phenoxy) is 1. The van der Waals surface area contributed by atoms with Gasteiger partial charge in [-0.25, -0.2) is 13.1 Å². The molecule has 0 unspecified atom stereocenters. The van der Waals surface area contributed by atoms with Crippen LogP contribution >= 0.6 is 0 Å². The number of benzene rings is 1. The summed E-state index contributed by atoms with van der Waals surface area (Å²) >= 11 is 0. The van der Waals surface area contributed by atoms with E-state index >= 15 is 0 Å². The molecule has 5 nitrogen and oxygen atoms in total. The van der Waals surface area contributed by atoms with Crippen molar-refractivity contribution in [1.29, 1.82) is 0 Å². The van der Waals surface area contributed by atoms with Gasteiger partial charge >= 0.3 is 0 Å². The number of ketones is 1. The highest BCUT2D eigenvalue weighted by Gasteiger charge is 2.30. The molecule has 0 aromatic heterocycles. The summed E-state index contributed by atoms with van der Waals surface area (Å²) in [6.45, 7) is 0.844. The second-order valence-corrected chi connectivity index (χ2v) is 6.67. The standard InChI is InChI=1S/C14H19NO4S/c1-19-10-2-9-15-20(17,18)13-7-5-12(6-8-13)14(16)11-3-4-11/h5-8,11,15H,2-4,9-10H2,1H3. The smallest absolute Gasteiger partial charge is 0.240 e. The average molecular weight is 297 g/mol. The van der Waals surface area contributed by atoms with E-state index in [9.17, 15) is 13.2 Å². The number of sulfonamides is 1. The molecule has 0 radical (unpaired) electrons. The van der Waals surface area contributed by atoms with Gasteiger partial charge < -0.3 is 4.74 Å². The van der Waals surface area contributed by atoms with Crippen molar-refractivity contribution >= 4 is 15.8 Å². The van der Waals surface area contributed by atoms with Crippen molar-refractivity contribution in [1.82, 2.24) is 4.72 Å². The normalized spacial score (nSPS) is 15.2. The maximum absolute atomic E-state index is 12.0. The third-order valence-corrected chi connectivity index (χ3v) is 4.69. The maximum Gasteiger partial charge on any atom is 0.240 e. The fourth-order valence-electron chi connectivity index (χ4n) is 1.89. The molecule has 1 aliphatic rings. The molecule has 0 amide bonds. The Hall–Kier alpha value is -1.24. The Balaban J connectivity index is 1.99. The molecular weight excluding hydrogens is 278 g/mol. The molecule has 1 N–H and O–H groups in total. The molecular formula is C14H19NO4S. The zero-order chi connectivity index (χ0) is 14.6. The SMILES string of the molecule is COCCCNS(=O)(=O)c1ccc(C(=O)C2CC2)cc1. The molecule has 2 rings (SSSR count). The fourth-order valence-corrected chi connectivity index (χ4v) is 2.96. The summed E-state index contributed by atoms with van der Waals surface area (Å²) in [7, 11) is -1.93. The van der Waals surface area contributed by atoms with E-state index in [1.165, 1.54) is 12.1 Å². The first-order valence-electron chi connectivity index (χ1n) is 6.67. The predicted octanol–water partition coefficient (Wildman–Crippen LogP) is 1.59. The van der Waals surface area contributed by atoms with E-state index in [1.807, 2.05) is 0 Å². The summed E-state index contributed by atoms with van der Waals surface area (Å²) in [5, 5.41) is 0. The van der Waals surface area contributed by atoms with E-state index in [0.29, 0.717) is 25.1 Å². The van der Waals surface area contributed by atoms with Crippen molar-refractivity contribution in [2.24, 2.45) is 5.92 Å². The lowest BCUT2D eigenvalue weighted by Gasteiger charge is -2.07. The average Bonchev–Trinajstić information content (AvgIpc) is 3.28. The van der Waals surface area contributed by atoms with Crippen LogP contribution in [0.25, 0.3) is 0 Å². The Bertz CT molecular complexity index is 561. The number of nitrogens with one attached hydrogen (secondary N) is 1. The zero-order valence-corrected chi connectivity index (χ0v) is 12.3. The van der Waals surface area contributed by atoms with Crippen molar-refractivity contribution in [3.8, 4) is 0 Å². The van der Waals surface area contributed by atoms with E-state index in [1.54, 1.807) is 19.2 Å². The third kappa shape index (κ3) is 3.88. The molecule has 0 saturated heterocycles. The second-order valence-electron chi connectivity index (χ2n) is 4.91. The van der Waals surface area contributed by atoms with Gasteiger partial charge in [-0.2, -0.15) is 0 Å². The molecule has 0 aliphatic heterocycles. The minimum absolute atomic E-state index is 0.113. The number of Topliss-reactive ketones (excluding diaryl/α,β-unsaturated/α-hetero) is 1. The van der Waals surface area contributed by atoms with Gasteiger partial charge in [0, 0.05) is 31.7 Å². The van der Waals surface area contributed by atoms with Crippen LogP contribution < -0.4 is 4.72 Å². The van der Waals surface area contributed by atoms with Crippen molar-refractivity contribution in [2.75, 3.05) is 20.3 Å². The molecule has 1 aliphatic carbocycles. The van der Waals surface area contributed by atoms with Gasteiger partial charge in [0.15, 0.2) is 5.78 Å². The number of carbonyl (C=O) groups excluding carboxylic acids is 1. The van der Waals surface area contributed by atoms with Gasteiger partial charge in [0.05, 0.1) is 4.90 Å². The Kier molecular flexibility index (Phi) is 4.91. The molecule has 20 heavy (non-hydrogen) atoms. The van der Waals surface area contributed by atoms with Gasteiger partial charge in [0.25, 0.3) is 0 Å². The van der Waals surface area contributed by atoms with E-state index in [-0.39, 0.29) is 16.6 Å². The molecule has 1 aromatic carbocycles. The minimum atomic E-state index is -3.50. The van der Waals surface area contributed by atoms with Crippen molar-refractivity contribution in [2.45, 2.75) is 24.2 Å². The highest BCUT2D eigenvalue weighted by atomic mass is 32.2. The Morgan fingerprint density at radius 3 is 2.50 bits per heavy atom. The van der Waals surface area contributed by atoms with Crippen LogP contribution in [-0.2, 0) is 14.8 Å². The molecule has 1 fully saturated rings. The first-order valence-corrected chi connectivity index (χ1v) is 8.16. The van der Waals surface area contributed by atoms with Crippen molar-refractivity contribution < 1.29 is 17.9 Å². The first-order chi connectivity index (χ1) is 9.54. The van der Waals surface area contributed by atoms with E-state index in [0.717, 1.165) is 12.8 Å². The number of methoxy groups -OCH3 is 1. The quantitative estimate of drug-likeness (QED) is 0.584. The second kappa shape index (κ2) is 6.47. The molecule has 0 spiro atoms. The van der Waals surface area contributed by atoms with Gasteiger partial charge in [0.1, 0.15) is 0 Å². The Morgan fingerprint density at radius 1 is 1.30 bits per heavy atom. The molecule has 1 aromatic rings. The Labute approximate surface area is 119 Å². The van der Waals surface area contributed by atoms with Crippen LogP contribution in [0.4, 0.5) is 0 Å². The van der Waals surface area contributed by atoms with Gasteiger partial charge in [-0.05, 0) is 31.4 Å². The van der Waals surface area contributed by atoms with Crippen LogP contribution in [0.1, 0.15) is 29.6 Å². The monoisotopic (exact) mass is 297 g/mol. The molecule has 0 heterocycles. The molecule has 0 atom stereocenters. The van der Waals surface area contributed by atoms with Crippen LogP contribution in [0.2, 0.25) is 0 Å². The summed E-state index contributed by atoms with van der Waals surface area (Å²) in [4.78, 5) is 12.0. The van der Waals surface area contributed by atoms with Crippen molar-refractivity contribution in [3.63, 3.8) is 0 Å². The van der Waals surface area contributed by atoms with Gasteiger partial charge in [-0.15, -0.1) is 0 Å². The van der Waals surface area contributed by atoms with E-state index in [4.69, 9.17) is 4.74 Å². The largest absolute Gasteiger partial charge is 0.385 e. The number of rotatable bonds is 8. The van der Waals surface area contributed by atoms with Crippen LogP contribution in [0.5, 0.6) is 0 Å². The highest BCUT2D eigenvalue weighted by Crippen LogP contribution is 2.32. The summed E-state index contributed by atoms with van der Waals surface area (Å²) < 4.78 is 31.3.